The number of likely N-dealkylation sites (N-methyl/N-ethyl adjacent to an activating group) is 1. The highest BCUT2D eigenvalue weighted by molar-refractivity contribution is 6.17. The van der Waals surface area contributed by atoms with Crippen LogP contribution < -0.4 is 0 Å². The van der Waals surface area contributed by atoms with Gasteiger partial charge in [0.25, 0.3) is 11.8 Å². The monoisotopic (exact) mass is 224 g/mol. The van der Waals surface area contributed by atoms with Gasteiger partial charge in [0, 0.05) is 24.7 Å². The summed E-state index contributed by atoms with van der Waals surface area (Å²) in [6, 6.07) is 0. The van der Waals surface area contributed by atoms with Crippen molar-refractivity contribution in [2.24, 2.45) is 0 Å². The summed E-state index contributed by atoms with van der Waals surface area (Å²) in [6.45, 7) is 6.29. The molecule has 0 fully saturated rings. The van der Waals surface area contributed by atoms with Crippen LogP contribution in [0.1, 0.15) is 20.8 Å². The minimum Gasteiger partial charge on any atom is -0.342 e. The van der Waals surface area contributed by atoms with E-state index in [4.69, 9.17) is 0 Å². The van der Waals surface area contributed by atoms with Crippen molar-refractivity contribution in [3.05, 3.63) is 11.6 Å². The standard InChI is InChI=1S/C11H16N2O3/c1-4-12(5-2)10(15)7-13-9(14)6-8(3)11(13)16/h6H,4-5,7H2,1-3H3. The molecule has 3 amide bonds. The molecular formula is C11H16N2O3. The maximum atomic E-state index is 11.7. The van der Waals surface area contributed by atoms with Crippen LogP contribution in [0.4, 0.5) is 0 Å². The van der Waals surface area contributed by atoms with Crippen LogP contribution in [0, 0.1) is 0 Å². The van der Waals surface area contributed by atoms with E-state index < -0.39 is 5.91 Å². The van der Waals surface area contributed by atoms with Gasteiger partial charge in [0.2, 0.25) is 5.91 Å². The summed E-state index contributed by atoms with van der Waals surface area (Å²) in [7, 11) is 0. The quantitative estimate of drug-likeness (QED) is 0.640. The van der Waals surface area contributed by atoms with E-state index in [2.05, 4.69) is 0 Å². The molecule has 0 atom stereocenters. The van der Waals surface area contributed by atoms with E-state index in [1.165, 1.54) is 6.08 Å². The summed E-state index contributed by atoms with van der Waals surface area (Å²) < 4.78 is 0. The first-order valence-corrected chi connectivity index (χ1v) is 5.33. The van der Waals surface area contributed by atoms with Crippen molar-refractivity contribution in [1.82, 2.24) is 9.80 Å². The second-order valence-corrected chi connectivity index (χ2v) is 3.62. The van der Waals surface area contributed by atoms with Crippen LogP contribution in [0.5, 0.6) is 0 Å². The molecule has 88 valence electrons. The van der Waals surface area contributed by atoms with Gasteiger partial charge in [0.1, 0.15) is 6.54 Å². The summed E-state index contributed by atoms with van der Waals surface area (Å²) in [5.74, 6) is -0.969. The van der Waals surface area contributed by atoms with E-state index in [0.717, 1.165) is 4.90 Å². The van der Waals surface area contributed by atoms with Crippen LogP contribution in [0.3, 0.4) is 0 Å². The van der Waals surface area contributed by atoms with Crippen molar-refractivity contribution < 1.29 is 14.4 Å². The average molecular weight is 224 g/mol. The Balaban J connectivity index is 2.66. The zero-order valence-corrected chi connectivity index (χ0v) is 9.82. The minimum atomic E-state index is -0.400. The van der Waals surface area contributed by atoms with Gasteiger partial charge in [-0.3, -0.25) is 19.3 Å². The predicted octanol–water partition coefficient (Wildman–Crippen LogP) is 0.170. The Labute approximate surface area is 94.7 Å². The lowest BCUT2D eigenvalue weighted by atomic mass is 10.3. The SMILES string of the molecule is CCN(CC)C(=O)CN1C(=O)C=C(C)C1=O. The first-order valence-electron chi connectivity index (χ1n) is 5.33. The third kappa shape index (κ3) is 2.29. The summed E-state index contributed by atoms with van der Waals surface area (Å²) in [5, 5.41) is 0. The lowest BCUT2D eigenvalue weighted by molar-refractivity contribution is -0.144. The van der Waals surface area contributed by atoms with E-state index in [9.17, 15) is 14.4 Å². The van der Waals surface area contributed by atoms with E-state index in [-0.39, 0.29) is 18.4 Å². The topological polar surface area (TPSA) is 57.7 Å². The van der Waals surface area contributed by atoms with Crippen LogP contribution in [-0.2, 0) is 14.4 Å². The Hall–Kier alpha value is -1.65. The van der Waals surface area contributed by atoms with Gasteiger partial charge in [-0.25, -0.2) is 0 Å². The molecular weight excluding hydrogens is 208 g/mol. The van der Waals surface area contributed by atoms with Gasteiger partial charge in [0.15, 0.2) is 0 Å². The number of hydrogen-bond donors (Lipinski definition) is 0. The van der Waals surface area contributed by atoms with Gasteiger partial charge >= 0.3 is 0 Å². The van der Waals surface area contributed by atoms with E-state index in [1.54, 1.807) is 11.8 Å². The minimum absolute atomic E-state index is 0.160. The van der Waals surface area contributed by atoms with Gasteiger partial charge < -0.3 is 4.90 Å². The molecule has 0 aromatic carbocycles. The highest BCUT2D eigenvalue weighted by atomic mass is 16.2. The molecule has 1 heterocycles. The number of amides is 3. The second-order valence-electron chi connectivity index (χ2n) is 3.62. The number of imide groups is 1. The number of rotatable bonds is 4. The van der Waals surface area contributed by atoms with Gasteiger partial charge in [-0.15, -0.1) is 0 Å². The van der Waals surface area contributed by atoms with E-state index in [1.807, 2.05) is 13.8 Å². The van der Waals surface area contributed by atoms with Crippen LogP contribution >= 0.6 is 0 Å². The number of nitrogens with zero attached hydrogens (tertiary/aromatic N) is 2. The molecule has 0 radical (unpaired) electrons. The largest absolute Gasteiger partial charge is 0.342 e. The molecule has 0 unspecified atom stereocenters. The van der Waals surface area contributed by atoms with Gasteiger partial charge in [-0.05, 0) is 20.8 Å². The normalized spacial score (nSPS) is 15.4. The lowest BCUT2D eigenvalue weighted by Crippen LogP contribution is -2.43. The van der Waals surface area contributed by atoms with Gasteiger partial charge in [-0.1, -0.05) is 0 Å². The molecule has 0 saturated carbocycles. The summed E-state index contributed by atoms with van der Waals surface area (Å²) in [5.41, 5.74) is 0.386. The van der Waals surface area contributed by atoms with Crippen LogP contribution in [0.25, 0.3) is 0 Å². The predicted molar refractivity (Wildman–Crippen MR) is 58.4 cm³/mol. The first kappa shape index (κ1) is 12.4. The van der Waals surface area contributed by atoms with Crippen molar-refractivity contribution in [3.63, 3.8) is 0 Å². The van der Waals surface area contributed by atoms with Crippen molar-refractivity contribution in [1.29, 1.82) is 0 Å². The van der Waals surface area contributed by atoms with Gasteiger partial charge in [-0.2, -0.15) is 0 Å². The fraction of sp³-hybridized carbons (Fsp3) is 0.545. The molecule has 16 heavy (non-hydrogen) atoms. The molecule has 0 bridgehead atoms. The molecule has 0 aromatic rings. The Morgan fingerprint density at radius 1 is 1.31 bits per heavy atom. The zero-order valence-electron chi connectivity index (χ0n) is 9.82. The molecule has 5 heteroatoms. The maximum absolute atomic E-state index is 11.7. The summed E-state index contributed by atoms with van der Waals surface area (Å²) in [6.07, 6.45) is 1.26. The highest BCUT2D eigenvalue weighted by Gasteiger charge is 2.30. The fourth-order valence-electron chi connectivity index (χ4n) is 1.60. The second kappa shape index (κ2) is 4.92. The molecule has 0 aromatic heterocycles. The number of carbonyl (C=O) groups excluding carboxylic acids is 3. The molecule has 1 rings (SSSR count). The van der Waals surface area contributed by atoms with Crippen LogP contribution in [-0.4, -0.2) is 47.2 Å². The zero-order chi connectivity index (χ0) is 12.3. The number of carbonyl (C=O) groups is 3. The van der Waals surface area contributed by atoms with Crippen molar-refractivity contribution in [3.8, 4) is 0 Å². The average Bonchev–Trinajstić information content (AvgIpc) is 2.47. The molecule has 0 saturated heterocycles. The molecule has 5 nitrogen and oxygen atoms in total. The van der Waals surface area contributed by atoms with Crippen LogP contribution in [0.2, 0.25) is 0 Å². The molecule has 1 aliphatic rings. The lowest BCUT2D eigenvalue weighted by Gasteiger charge is -2.21. The third-order valence-corrected chi connectivity index (χ3v) is 2.60. The Kier molecular flexibility index (Phi) is 3.82. The summed E-state index contributed by atoms with van der Waals surface area (Å²) in [4.78, 5) is 37.2. The van der Waals surface area contributed by atoms with Gasteiger partial charge in [0.05, 0.1) is 0 Å². The van der Waals surface area contributed by atoms with E-state index >= 15 is 0 Å². The molecule has 0 aliphatic carbocycles. The molecule has 0 N–H and O–H groups in total. The molecule has 0 spiro atoms. The number of hydrogen-bond acceptors (Lipinski definition) is 3. The Bertz CT molecular complexity index is 356. The first-order chi connectivity index (χ1) is 7.51. The smallest absolute Gasteiger partial charge is 0.257 e. The van der Waals surface area contributed by atoms with Crippen molar-refractivity contribution >= 4 is 17.7 Å². The van der Waals surface area contributed by atoms with Crippen molar-refractivity contribution in [2.75, 3.05) is 19.6 Å². The van der Waals surface area contributed by atoms with Crippen molar-refractivity contribution in [2.45, 2.75) is 20.8 Å². The Morgan fingerprint density at radius 2 is 1.88 bits per heavy atom. The maximum Gasteiger partial charge on any atom is 0.257 e. The highest BCUT2D eigenvalue weighted by Crippen LogP contribution is 2.11. The molecule has 1 aliphatic heterocycles. The Morgan fingerprint density at radius 3 is 2.25 bits per heavy atom. The third-order valence-electron chi connectivity index (χ3n) is 2.60. The van der Waals surface area contributed by atoms with E-state index in [0.29, 0.717) is 18.7 Å². The van der Waals surface area contributed by atoms with Crippen LogP contribution in [0.15, 0.2) is 11.6 Å². The fourth-order valence-corrected chi connectivity index (χ4v) is 1.60. The summed E-state index contributed by atoms with van der Waals surface area (Å²) >= 11 is 0.